The molecule has 4 heterocycles. The van der Waals surface area contributed by atoms with E-state index >= 15 is 0 Å². The normalized spacial score (nSPS) is 15.1. The van der Waals surface area contributed by atoms with Crippen LogP contribution >= 0.6 is 11.3 Å². The van der Waals surface area contributed by atoms with Gasteiger partial charge in [-0.2, -0.15) is 0 Å². The van der Waals surface area contributed by atoms with Crippen molar-refractivity contribution in [2.45, 2.75) is 33.2 Å². The van der Waals surface area contributed by atoms with Crippen LogP contribution in [0.5, 0.6) is 0 Å². The lowest BCUT2D eigenvalue weighted by Crippen LogP contribution is -2.46. The number of hydrogen-bond donors (Lipinski definition) is 0. The van der Waals surface area contributed by atoms with Gasteiger partial charge in [0.25, 0.3) is 0 Å². The van der Waals surface area contributed by atoms with E-state index in [9.17, 15) is 0 Å². The molecule has 0 atom stereocenters. The van der Waals surface area contributed by atoms with Gasteiger partial charge in [0.05, 0.1) is 10.7 Å². The summed E-state index contributed by atoms with van der Waals surface area (Å²) in [6, 6.07) is 7.98. The Kier molecular flexibility index (Phi) is 5.92. The molecule has 0 bridgehead atoms. The third kappa shape index (κ3) is 4.36. The Bertz CT molecular complexity index is 902. The summed E-state index contributed by atoms with van der Waals surface area (Å²) in [5.41, 5.74) is 3.08. The lowest BCUT2D eigenvalue weighted by atomic mass is 10.2. The number of nitrogens with zero attached hydrogens (tertiary/aromatic N) is 6. The molecule has 0 spiro atoms. The minimum atomic E-state index is 0.715. The molecule has 1 saturated heterocycles. The molecule has 0 aliphatic carbocycles. The number of pyridine rings is 1. The average Bonchev–Trinajstić information content (AvgIpc) is 3.22. The van der Waals surface area contributed by atoms with Crippen LogP contribution in [0.1, 0.15) is 30.2 Å². The van der Waals surface area contributed by atoms with E-state index in [-0.39, 0.29) is 0 Å². The number of hydrogen-bond acceptors (Lipinski definition) is 7. The third-order valence-electron chi connectivity index (χ3n) is 5.01. The van der Waals surface area contributed by atoms with E-state index in [2.05, 4.69) is 45.1 Å². The molecule has 0 N–H and O–H groups in total. The van der Waals surface area contributed by atoms with Crippen LogP contribution in [0.2, 0.25) is 0 Å². The second-order valence-corrected chi connectivity index (χ2v) is 7.90. The zero-order chi connectivity index (χ0) is 19.3. The molecule has 1 fully saturated rings. The van der Waals surface area contributed by atoms with Crippen LogP contribution in [0.3, 0.4) is 0 Å². The molecule has 1 aliphatic heterocycles. The minimum Gasteiger partial charge on any atom is -0.354 e. The molecule has 0 amide bonds. The van der Waals surface area contributed by atoms with Gasteiger partial charge in [0.1, 0.15) is 11.5 Å². The van der Waals surface area contributed by atoms with E-state index < -0.39 is 0 Å². The highest BCUT2D eigenvalue weighted by molar-refractivity contribution is 7.09. The molecule has 3 aromatic rings. The summed E-state index contributed by atoms with van der Waals surface area (Å²) in [5, 5.41) is 3.42. The molecule has 0 aromatic carbocycles. The highest BCUT2D eigenvalue weighted by atomic mass is 32.1. The van der Waals surface area contributed by atoms with Crippen molar-refractivity contribution >= 4 is 17.2 Å². The number of aryl methyl sites for hydroxylation is 2. The molecular formula is C21H26N6S. The Balaban J connectivity index is 1.45. The molecule has 1 aliphatic rings. The fourth-order valence-electron chi connectivity index (χ4n) is 3.38. The van der Waals surface area contributed by atoms with Gasteiger partial charge in [-0.3, -0.25) is 9.88 Å². The number of rotatable bonds is 6. The van der Waals surface area contributed by atoms with Crippen LogP contribution in [-0.4, -0.2) is 51.0 Å². The van der Waals surface area contributed by atoms with Gasteiger partial charge in [-0.1, -0.05) is 19.9 Å². The summed E-state index contributed by atoms with van der Waals surface area (Å²) in [6.07, 6.45) is 3.70. The number of anilines is 1. The van der Waals surface area contributed by atoms with Crippen molar-refractivity contribution in [2.75, 3.05) is 31.1 Å². The first-order valence-electron chi connectivity index (χ1n) is 9.95. The predicted molar refractivity (Wildman–Crippen MR) is 114 cm³/mol. The van der Waals surface area contributed by atoms with Gasteiger partial charge in [-0.15, -0.1) is 11.3 Å². The van der Waals surface area contributed by atoms with Crippen molar-refractivity contribution in [1.82, 2.24) is 24.8 Å². The highest BCUT2D eigenvalue weighted by Crippen LogP contribution is 2.21. The van der Waals surface area contributed by atoms with Crippen molar-refractivity contribution in [3.63, 3.8) is 0 Å². The van der Waals surface area contributed by atoms with Gasteiger partial charge in [0, 0.05) is 56.1 Å². The molecule has 146 valence electrons. The maximum absolute atomic E-state index is 4.82. The summed E-state index contributed by atoms with van der Waals surface area (Å²) < 4.78 is 0. The van der Waals surface area contributed by atoms with E-state index in [1.807, 2.05) is 18.2 Å². The van der Waals surface area contributed by atoms with Crippen molar-refractivity contribution in [2.24, 2.45) is 0 Å². The van der Waals surface area contributed by atoms with Gasteiger partial charge < -0.3 is 4.90 Å². The topological polar surface area (TPSA) is 58.0 Å². The average molecular weight is 395 g/mol. The first-order valence-corrected chi connectivity index (χ1v) is 10.8. The lowest BCUT2D eigenvalue weighted by molar-refractivity contribution is 0.247. The molecule has 7 heteroatoms. The van der Waals surface area contributed by atoms with E-state index in [1.54, 1.807) is 17.5 Å². The molecule has 0 saturated carbocycles. The van der Waals surface area contributed by atoms with Crippen LogP contribution in [-0.2, 0) is 19.4 Å². The Labute approximate surface area is 170 Å². The van der Waals surface area contributed by atoms with Crippen LogP contribution in [0.15, 0.2) is 35.8 Å². The second kappa shape index (κ2) is 8.75. The predicted octanol–water partition coefficient (Wildman–Crippen LogP) is 3.44. The molecule has 0 unspecified atom stereocenters. The Morgan fingerprint density at radius 1 is 0.964 bits per heavy atom. The Morgan fingerprint density at radius 2 is 1.82 bits per heavy atom. The van der Waals surface area contributed by atoms with E-state index in [1.165, 1.54) is 10.7 Å². The molecule has 0 radical (unpaired) electrons. The largest absolute Gasteiger partial charge is 0.354 e. The van der Waals surface area contributed by atoms with Crippen LogP contribution < -0.4 is 4.90 Å². The number of piperazine rings is 1. The Morgan fingerprint density at radius 3 is 2.50 bits per heavy atom. The fraction of sp³-hybridized carbons (Fsp3) is 0.429. The molecule has 28 heavy (non-hydrogen) atoms. The summed E-state index contributed by atoms with van der Waals surface area (Å²) in [5.74, 6) is 1.72. The summed E-state index contributed by atoms with van der Waals surface area (Å²) in [6.45, 7) is 9.19. The summed E-state index contributed by atoms with van der Waals surface area (Å²) >= 11 is 1.77. The fourth-order valence-corrected chi connectivity index (χ4v) is 4.12. The van der Waals surface area contributed by atoms with E-state index in [0.29, 0.717) is 5.82 Å². The molecule has 6 nitrogen and oxygen atoms in total. The second-order valence-electron chi connectivity index (χ2n) is 6.96. The first kappa shape index (κ1) is 19.0. The highest BCUT2D eigenvalue weighted by Gasteiger charge is 2.20. The maximum atomic E-state index is 4.82. The summed E-state index contributed by atoms with van der Waals surface area (Å²) in [7, 11) is 0. The van der Waals surface area contributed by atoms with Crippen molar-refractivity contribution in [1.29, 1.82) is 0 Å². The lowest BCUT2D eigenvalue weighted by Gasteiger charge is -2.35. The van der Waals surface area contributed by atoms with Crippen molar-refractivity contribution in [3.05, 3.63) is 52.2 Å². The first-order chi connectivity index (χ1) is 13.7. The van der Waals surface area contributed by atoms with Crippen LogP contribution in [0, 0.1) is 0 Å². The zero-order valence-electron chi connectivity index (χ0n) is 16.5. The number of aromatic nitrogens is 4. The Hall–Kier alpha value is -2.38. The van der Waals surface area contributed by atoms with Gasteiger partial charge in [-0.25, -0.2) is 15.0 Å². The van der Waals surface area contributed by atoms with Crippen molar-refractivity contribution in [3.8, 4) is 11.5 Å². The molecular weight excluding hydrogens is 368 g/mol. The zero-order valence-corrected chi connectivity index (χ0v) is 17.3. The van der Waals surface area contributed by atoms with Gasteiger partial charge >= 0.3 is 0 Å². The number of thiazole rings is 1. The monoisotopic (exact) mass is 394 g/mol. The smallest absolute Gasteiger partial charge is 0.180 e. The minimum absolute atomic E-state index is 0.715. The quantitative estimate of drug-likeness (QED) is 0.638. The standard InChI is InChI=1S/C21H26N6S/c1-3-16-13-19(25-21(24-16)18-7-5-6-8-22-18)27-11-9-26(10-12-27)14-17-15-28-20(4-2)23-17/h5-8,13,15H,3-4,9-12,14H2,1-2H3. The van der Waals surface area contributed by atoms with Gasteiger partial charge in [0.15, 0.2) is 5.82 Å². The van der Waals surface area contributed by atoms with Crippen LogP contribution in [0.25, 0.3) is 11.5 Å². The van der Waals surface area contributed by atoms with Gasteiger partial charge in [-0.05, 0) is 25.0 Å². The van der Waals surface area contributed by atoms with Crippen molar-refractivity contribution < 1.29 is 0 Å². The van der Waals surface area contributed by atoms with E-state index in [4.69, 9.17) is 9.97 Å². The molecule has 4 rings (SSSR count). The van der Waals surface area contributed by atoms with Crippen LogP contribution in [0.4, 0.5) is 5.82 Å². The van der Waals surface area contributed by atoms with E-state index in [0.717, 1.165) is 62.8 Å². The SMILES string of the molecule is CCc1cc(N2CCN(Cc3csc(CC)n3)CC2)nc(-c2ccccn2)n1. The van der Waals surface area contributed by atoms with Gasteiger partial charge in [0.2, 0.25) is 0 Å². The summed E-state index contributed by atoms with van der Waals surface area (Å²) in [4.78, 5) is 23.5. The maximum Gasteiger partial charge on any atom is 0.180 e. The molecule has 3 aromatic heterocycles. The third-order valence-corrected chi connectivity index (χ3v) is 6.05.